The van der Waals surface area contributed by atoms with Crippen LogP contribution in [0.3, 0.4) is 0 Å². The van der Waals surface area contributed by atoms with Crippen LogP contribution in [0.25, 0.3) is 33.3 Å². The van der Waals surface area contributed by atoms with E-state index in [4.69, 9.17) is 9.47 Å². The molecule has 3 N–H and O–H groups in total. The van der Waals surface area contributed by atoms with E-state index in [1.54, 1.807) is 19.4 Å². The maximum atomic E-state index is 13.8. The molecule has 1 aliphatic heterocycles. The molecule has 5 rings (SSSR count). The summed E-state index contributed by atoms with van der Waals surface area (Å²) in [6, 6.07) is 15.4. The molecule has 39 heavy (non-hydrogen) atoms. The molecule has 1 fully saturated rings. The van der Waals surface area contributed by atoms with E-state index in [0.29, 0.717) is 30.3 Å². The topological polar surface area (TPSA) is 109 Å². The molecule has 2 aromatic carbocycles. The lowest BCUT2D eigenvalue weighted by Gasteiger charge is -2.33. The van der Waals surface area contributed by atoms with Gasteiger partial charge in [0.2, 0.25) is 0 Å². The lowest BCUT2D eigenvalue weighted by atomic mass is 9.96. The molecule has 4 aromatic rings. The van der Waals surface area contributed by atoms with Gasteiger partial charge in [-0.15, -0.1) is 0 Å². The van der Waals surface area contributed by atoms with E-state index < -0.39 is 6.09 Å². The molecule has 202 valence electrons. The first kappa shape index (κ1) is 26.2. The number of aromatic amines is 1. The molecule has 1 unspecified atom stereocenters. The number of amides is 2. The zero-order valence-electron chi connectivity index (χ0n) is 22.4. The van der Waals surface area contributed by atoms with E-state index in [1.165, 1.54) is 7.11 Å². The molecule has 9 nitrogen and oxygen atoms in total. The molecule has 1 atom stereocenters. The van der Waals surface area contributed by atoms with Crippen LogP contribution in [0.5, 0.6) is 5.75 Å². The number of H-pyrrole nitrogens is 1. The summed E-state index contributed by atoms with van der Waals surface area (Å²) >= 11 is 0. The van der Waals surface area contributed by atoms with Crippen molar-refractivity contribution in [3.63, 3.8) is 0 Å². The summed E-state index contributed by atoms with van der Waals surface area (Å²) in [5.74, 6) is 1.05. The number of pyridine rings is 1. The standard InChI is InChI=1S/C30H33N5O4/c1-31-15-19-7-6-12-35(18-19)29(36)24-13-20(10-11-26(24)34-30(37)39-3)21-14-23-25(17-33-28(23)32-16-21)22-8-4-5-9-27(22)38-2/h4-5,8-11,13-14,16-17,19,31H,6-7,12,15,18H2,1-3H3,(H,32,33)(H,34,37). The Labute approximate surface area is 227 Å². The van der Waals surface area contributed by atoms with Gasteiger partial charge >= 0.3 is 6.09 Å². The van der Waals surface area contributed by atoms with Gasteiger partial charge in [0.05, 0.1) is 25.5 Å². The van der Waals surface area contributed by atoms with Gasteiger partial charge in [-0.25, -0.2) is 9.78 Å². The predicted molar refractivity (Wildman–Crippen MR) is 152 cm³/mol. The summed E-state index contributed by atoms with van der Waals surface area (Å²) in [7, 11) is 4.88. The summed E-state index contributed by atoms with van der Waals surface area (Å²) in [4.78, 5) is 35.6. The Balaban J connectivity index is 1.55. The summed E-state index contributed by atoms with van der Waals surface area (Å²) < 4.78 is 10.4. The molecule has 0 bridgehead atoms. The summed E-state index contributed by atoms with van der Waals surface area (Å²) in [6.45, 7) is 2.20. The quantitative estimate of drug-likeness (QED) is 0.307. The third-order valence-electron chi connectivity index (χ3n) is 7.23. The Bertz CT molecular complexity index is 1500. The van der Waals surface area contributed by atoms with Crippen molar-refractivity contribution in [2.75, 3.05) is 46.2 Å². The Morgan fingerprint density at radius 2 is 1.95 bits per heavy atom. The van der Waals surface area contributed by atoms with Gasteiger partial charge < -0.3 is 24.7 Å². The van der Waals surface area contributed by atoms with Gasteiger partial charge in [0.1, 0.15) is 11.4 Å². The lowest BCUT2D eigenvalue weighted by Crippen LogP contribution is -2.42. The molecule has 0 spiro atoms. The van der Waals surface area contributed by atoms with Gasteiger partial charge in [0.15, 0.2) is 0 Å². The van der Waals surface area contributed by atoms with E-state index in [0.717, 1.165) is 58.4 Å². The number of hydrogen-bond acceptors (Lipinski definition) is 6. The molecule has 1 saturated heterocycles. The zero-order valence-corrected chi connectivity index (χ0v) is 22.4. The Morgan fingerprint density at radius 3 is 2.74 bits per heavy atom. The van der Waals surface area contributed by atoms with Crippen LogP contribution in [0.4, 0.5) is 10.5 Å². The third-order valence-corrected chi connectivity index (χ3v) is 7.23. The smallest absolute Gasteiger partial charge is 0.411 e. The number of benzene rings is 2. The van der Waals surface area contributed by atoms with Crippen molar-refractivity contribution in [3.05, 3.63) is 66.5 Å². The first-order valence-corrected chi connectivity index (χ1v) is 13.1. The van der Waals surface area contributed by atoms with Crippen molar-refractivity contribution >= 4 is 28.7 Å². The molecular weight excluding hydrogens is 494 g/mol. The second kappa shape index (κ2) is 11.6. The Morgan fingerprint density at radius 1 is 1.10 bits per heavy atom. The van der Waals surface area contributed by atoms with E-state index in [9.17, 15) is 9.59 Å². The SMILES string of the molecule is CNCC1CCCN(C(=O)c2cc(-c3cnc4[nH]cc(-c5ccccc5OC)c4c3)ccc2NC(=O)OC)C1. The number of hydrogen-bond donors (Lipinski definition) is 3. The average Bonchev–Trinajstić information content (AvgIpc) is 3.40. The van der Waals surface area contributed by atoms with Crippen LogP contribution >= 0.6 is 0 Å². The first-order chi connectivity index (χ1) is 19.0. The number of aromatic nitrogens is 2. The highest BCUT2D eigenvalue weighted by molar-refractivity contribution is 6.04. The number of anilines is 1. The van der Waals surface area contributed by atoms with Crippen LogP contribution in [0.15, 0.2) is 60.9 Å². The fraction of sp³-hybridized carbons (Fsp3) is 0.300. The molecule has 3 heterocycles. The van der Waals surface area contributed by atoms with E-state index in [-0.39, 0.29) is 5.91 Å². The van der Waals surface area contributed by atoms with Crippen molar-refractivity contribution in [3.8, 4) is 28.0 Å². The number of rotatable bonds is 7. The maximum absolute atomic E-state index is 13.8. The highest BCUT2D eigenvalue weighted by Gasteiger charge is 2.26. The third kappa shape index (κ3) is 5.44. The number of carbonyl (C=O) groups excluding carboxylic acids is 2. The van der Waals surface area contributed by atoms with Crippen molar-refractivity contribution < 1.29 is 19.1 Å². The lowest BCUT2D eigenvalue weighted by molar-refractivity contribution is 0.0675. The minimum absolute atomic E-state index is 0.116. The molecule has 0 radical (unpaired) electrons. The number of likely N-dealkylation sites (tertiary alicyclic amines) is 1. The highest BCUT2D eigenvalue weighted by Crippen LogP contribution is 2.36. The van der Waals surface area contributed by atoms with Crippen LogP contribution in [-0.4, -0.2) is 67.8 Å². The second-order valence-electron chi connectivity index (χ2n) is 9.72. The van der Waals surface area contributed by atoms with Gasteiger partial charge in [-0.1, -0.05) is 24.3 Å². The number of piperidine rings is 1. The molecule has 1 aliphatic rings. The molecule has 0 aliphatic carbocycles. The summed E-state index contributed by atoms with van der Waals surface area (Å²) in [6.07, 6.45) is 5.10. The molecule has 9 heteroatoms. The molecular formula is C30H33N5O4. The largest absolute Gasteiger partial charge is 0.496 e. The summed E-state index contributed by atoms with van der Waals surface area (Å²) in [5.41, 5.74) is 5.19. The van der Waals surface area contributed by atoms with Crippen LogP contribution in [0.1, 0.15) is 23.2 Å². The van der Waals surface area contributed by atoms with Crippen molar-refractivity contribution in [2.45, 2.75) is 12.8 Å². The van der Waals surface area contributed by atoms with Crippen LogP contribution in [0, 0.1) is 5.92 Å². The first-order valence-electron chi connectivity index (χ1n) is 13.1. The molecule has 2 aromatic heterocycles. The van der Waals surface area contributed by atoms with Gasteiger partial charge in [0.25, 0.3) is 5.91 Å². The van der Waals surface area contributed by atoms with Gasteiger partial charge in [0, 0.05) is 47.6 Å². The number of carbonyl (C=O) groups is 2. The number of nitrogens with one attached hydrogen (secondary N) is 3. The van der Waals surface area contributed by atoms with Crippen molar-refractivity contribution in [1.82, 2.24) is 20.2 Å². The van der Waals surface area contributed by atoms with Gasteiger partial charge in [-0.05, 0) is 62.2 Å². The Kier molecular flexibility index (Phi) is 7.79. The average molecular weight is 528 g/mol. The fourth-order valence-electron chi connectivity index (χ4n) is 5.30. The number of methoxy groups -OCH3 is 2. The van der Waals surface area contributed by atoms with Gasteiger partial charge in [-0.2, -0.15) is 0 Å². The highest BCUT2D eigenvalue weighted by atomic mass is 16.5. The van der Waals surface area contributed by atoms with Crippen LogP contribution in [0.2, 0.25) is 0 Å². The minimum Gasteiger partial charge on any atom is -0.496 e. The second-order valence-corrected chi connectivity index (χ2v) is 9.72. The van der Waals surface area contributed by atoms with E-state index >= 15 is 0 Å². The van der Waals surface area contributed by atoms with Crippen LogP contribution < -0.4 is 15.4 Å². The van der Waals surface area contributed by atoms with Crippen molar-refractivity contribution in [1.29, 1.82) is 0 Å². The predicted octanol–water partition coefficient (Wildman–Crippen LogP) is 5.16. The van der Waals surface area contributed by atoms with E-state index in [2.05, 4.69) is 26.7 Å². The monoisotopic (exact) mass is 527 g/mol. The zero-order chi connectivity index (χ0) is 27.4. The maximum Gasteiger partial charge on any atom is 0.411 e. The Hall–Kier alpha value is -4.37. The fourth-order valence-corrected chi connectivity index (χ4v) is 5.30. The van der Waals surface area contributed by atoms with Crippen molar-refractivity contribution in [2.24, 2.45) is 5.92 Å². The normalized spacial score (nSPS) is 15.3. The number of fused-ring (bicyclic) bond motifs is 1. The summed E-state index contributed by atoms with van der Waals surface area (Å²) in [5, 5.41) is 6.87. The number of nitrogens with zero attached hydrogens (tertiary/aromatic N) is 2. The molecule has 2 amide bonds. The number of para-hydroxylation sites is 1. The number of ether oxygens (including phenoxy) is 2. The van der Waals surface area contributed by atoms with E-state index in [1.807, 2.05) is 54.5 Å². The van der Waals surface area contributed by atoms with Crippen LogP contribution in [-0.2, 0) is 4.74 Å². The van der Waals surface area contributed by atoms with Gasteiger partial charge in [-0.3, -0.25) is 10.1 Å². The minimum atomic E-state index is -0.625. The molecule has 0 saturated carbocycles.